The van der Waals surface area contributed by atoms with Crippen molar-refractivity contribution in [3.63, 3.8) is 0 Å². The summed E-state index contributed by atoms with van der Waals surface area (Å²) in [5, 5.41) is 15.5. The van der Waals surface area contributed by atoms with Crippen LogP contribution in [0.15, 0.2) is 48.5 Å². The summed E-state index contributed by atoms with van der Waals surface area (Å²) in [6.07, 6.45) is 0. The number of carbonyl (C=O) groups is 1. The number of nitrogens with one attached hydrogen (secondary N) is 2. The van der Waals surface area contributed by atoms with E-state index in [2.05, 4.69) is 10.6 Å². The Morgan fingerprint density at radius 3 is 2.71 bits per heavy atom. The van der Waals surface area contributed by atoms with Crippen LogP contribution in [0.5, 0.6) is 0 Å². The summed E-state index contributed by atoms with van der Waals surface area (Å²) in [4.78, 5) is 12.1. The number of aliphatic hydroxyl groups is 1. The lowest BCUT2D eigenvalue weighted by atomic mass is 10.2. The van der Waals surface area contributed by atoms with Gasteiger partial charge in [-0.25, -0.2) is 0 Å². The molecule has 2 aromatic rings. The smallest absolute Gasteiger partial charge is 0.246 e. The molecule has 0 aliphatic carbocycles. The molecule has 21 heavy (non-hydrogen) atoms. The van der Waals surface area contributed by atoms with Crippen molar-refractivity contribution in [1.29, 1.82) is 0 Å². The van der Waals surface area contributed by atoms with Crippen LogP contribution in [0.3, 0.4) is 0 Å². The molecule has 0 bridgehead atoms. The van der Waals surface area contributed by atoms with Crippen LogP contribution in [-0.2, 0) is 11.4 Å². The molecule has 5 heteroatoms. The Morgan fingerprint density at radius 2 is 2.00 bits per heavy atom. The first-order valence-corrected chi connectivity index (χ1v) is 6.99. The van der Waals surface area contributed by atoms with Gasteiger partial charge in [-0.05, 0) is 36.8 Å². The second-order valence-corrected chi connectivity index (χ2v) is 5.10. The van der Waals surface area contributed by atoms with Gasteiger partial charge in [0.05, 0.1) is 17.3 Å². The SMILES string of the molecule is C[C@@H](Nc1cccc(CO)c1)C(=O)Nc1ccccc1Cl. The van der Waals surface area contributed by atoms with E-state index in [9.17, 15) is 4.79 Å². The molecule has 0 spiro atoms. The van der Waals surface area contributed by atoms with Crippen LogP contribution in [-0.4, -0.2) is 17.1 Å². The summed E-state index contributed by atoms with van der Waals surface area (Å²) < 4.78 is 0. The van der Waals surface area contributed by atoms with Crippen molar-refractivity contribution >= 4 is 28.9 Å². The molecule has 2 aromatic carbocycles. The highest BCUT2D eigenvalue weighted by Crippen LogP contribution is 2.21. The minimum atomic E-state index is -0.435. The monoisotopic (exact) mass is 304 g/mol. The standard InChI is InChI=1S/C16H17ClN2O2/c1-11(18-13-6-4-5-12(9-13)10-20)16(21)19-15-8-3-2-7-14(15)17/h2-9,11,18,20H,10H2,1H3,(H,19,21)/t11-/m1/s1. The topological polar surface area (TPSA) is 61.4 Å². The third-order valence-electron chi connectivity index (χ3n) is 3.02. The molecule has 0 radical (unpaired) electrons. The maximum absolute atomic E-state index is 12.1. The van der Waals surface area contributed by atoms with Gasteiger partial charge >= 0.3 is 0 Å². The molecule has 0 aromatic heterocycles. The minimum absolute atomic E-state index is 0.0320. The lowest BCUT2D eigenvalue weighted by Gasteiger charge is -2.16. The van der Waals surface area contributed by atoms with E-state index in [4.69, 9.17) is 16.7 Å². The molecular weight excluding hydrogens is 288 g/mol. The molecule has 1 atom stereocenters. The molecule has 1 amide bonds. The van der Waals surface area contributed by atoms with Gasteiger partial charge in [0.1, 0.15) is 6.04 Å². The number of amides is 1. The second kappa shape index (κ2) is 7.11. The third kappa shape index (κ3) is 4.21. The van der Waals surface area contributed by atoms with Crippen LogP contribution in [0.25, 0.3) is 0 Å². The van der Waals surface area contributed by atoms with Gasteiger partial charge < -0.3 is 15.7 Å². The van der Waals surface area contributed by atoms with Crippen molar-refractivity contribution in [3.05, 3.63) is 59.1 Å². The van der Waals surface area contributed by atoms with Crippen molar-refractivity contribution in [3.8, 4) is 0 Å². The van der Waals surface area contributed by atoms with E-state index in [-0.39, 0.29) is 12.5 Å². The molecule has 0 saturated carbocycles. The van der Waals surface area contributed by atoms with E-state index in [0.717, 1.165) is 11.3 Å². The molecule has 2 rings (SSSR count). The van der Waals surface area contributed by atoms with E-state index in [1.807, 2.05) is 24.3 Å². The number of para-hydroxylation sites is 1. The summed E-state index contributed by atoms with van der Waals surface area (Å²) in [6.45, 7) is 1.73. The molecule has 0 heterocycles. The van der Waals surface area contributed by atoms with E-state index in [0.29, 0.717) is 10.7 Å². The number of carbonyl (C=O) groups excluding carboxylic acids is 1. The van der Waals surface area contributed by atoms with Crippen molar-refractivity contribution in [2.24, 2.45) is 0 Å². The quantitative estimate of drug-likeness (QED) is 0.794. The van der Waals surface area contributed by atoms with E-state index < -0.39 is 6.04 Å². The van der Waals surface area contributed by atoms with Gasteiger partial charge in [0.2, 0.25) is 5.91 Å². The molecule has 0 unspecified atom stereocenters. The van der Waals surface area contributed by atoms with Crippen molar-refractivity contribution < 1.29 is 9.90 Å². The van der Waals surface area contributed by atoms with Crippen LogP contribution in [0.4, 0.5) is 11.4 Å². The van der Waals surface area contributed by atoms with Crippen molar-refractivity contribution in [1.82, 2.24) is 0 Å². The molecule has 0 saturated heterocycles. The maximum Gasteiger partial charge on any atom is 0.246 e. The average molecular weight is 305 g/mol. The van der Waals surface area contributed by atoms with Crippen LogP contribution in [0.2, 0.25) is 5.02 Å². The Labute approximate surface area is 128 Å². The summed E-state index contributed by atoms with van der Waals surface area (Å²) >= 11 is 6.01. The fourth-order valence-corrected chi connectivity index (χ4v) is 2.06. The average Bonchev–Trinajstić information content (AvgIpc) is 2.49. The Balaban J connectivity index is 2.01. The Bertz CT molecular complexity index is 631. The van der Waals surface area contributed by atoms with E-state index in [1.165, 1.54) is 0 Å². The number of halogens is 1. The molecule has 0 fully saturated rings. The first-order chi connectivity index (χ1) is 10.1. The van der Waals surface area contributed by atoms with E-state index >= 15 is 0 Å². The lowest BCUT2D eigenvalue weighted by Crippen LogP contribution is -2.31. The van der Waals surface area contributed by atoms with Crippen molar-refractivity contribution in [2.75, 3.05) is 10.6 Å². The molecular formula is C16H17ClN2O2. The highest BCUT2D eigenvalue weighted by Gasteiger charge is 2.14. The first kappa shape index (κ1) is 15.4. The van der Waals surface area contributed by atoms with Crippen LogP contribution < -0.4 is 10.6 Å². The fourth-order valence-electron chi connectivity index (χ4n) is 1.88. The fraction of sp³-hybridized carbons (Fsp3) is 0.188. The first-order valence-electron chi connectivity index (χ1n) is 6.62. The predicted molar refractivity (Wildman–Crippen MR) is 85.5 cm³/mol. The summed E-state index contributed by atoms with van der Waals surface area (Å²) in [7, 11) is 0. The second-order valence-electron chi connectivity index (χ2n) is 4.69. The van der Waals surface area contributed by atoms with E-state index in [1.54, 1.807) is 31.2 Å². The Kier molecular flexibility index (Phi) is 5.20. The largest absolute Gasteiger partial charge is 0.392 e. The third-order valence-corrected chi connectivity index (χ3v) is 3.35. The zero-order valence-electron chi connectivity index (χ0n) is 11.6. The number of anilines is 2. The number of rotatable bonds is 5. The molecule has 3 N–H and O–H groups in total. The summed E-state index contributed by atoms with van der Waals surface area (Å²) in [6, 6.07) is 13.9. The van der Waals surface area contributed by atoms with Gasteiger partial charge in [0, 0.05) is 5.69 Å². The Morgan fingerprint density at radius 1 is 1.24 bits per heavy atom. The lowest BCUT2D eigenvalue weighted by molar-refractivity contribution is -0.116. The van der Waals surface area contributed by atoms with Gasteiger partial charge in [-0.2, -0.15) is 0 Å². The van der Waals surface area contributed by atoms with Crippen molar-refractivity contribution in [2.45, 2.75) is 19.6 Å². The zero-order valence-corrected chi connectivity index (χ0v) is 12.4. The predicted octanol–water partition coefficient (Wildman–Crippen LogP) is 3.27. The zero-order chi connectivity index (χ0) is 15.2. The number of aliphatic hydroxyl groups excluding tert-OH is 1. The van der Waals surface area contributed by atoms with Gasteiger partial charge in [-0.15, -0.1) is 0 Å². The van der Waals surface area contributed by atoms with Gasteiger partial charge in [-0.3, -0.25) is 4.79 Å². The summed E-state index contributed by atoms with van der Waals surface area (Å²) in [5.74, 6) is -0.183. The van der Waals surface area contributed by atoms with Crippen LogP contribution in [0.1, 0.15) is 12.5 Å². The highest BCUT2D eigenvalue weighted by atomic mass is 35.5. The van der Waals surface area contributed by atoms with Gasteiger partial charge in [-0.1, -0.05) is 35.9 Å². The molecule has 0 aliphatic rings. The summed E-state index contributed by atoms with van der Waals surface area (Å²) in [5.41, 5.74) is 2.16. The van der Waals surface area contributed by atoms with Gasteiger partial charge in [0.25, 0.3) is 0 Å². The van der Waals surface area contributed by atoms with Gasteiger partial charge in [0.15, 0.2) is 0 Å². The molecule has 0 aliphatic heterocycles. The number of hydrogen-bond acceptors (Lipinski definition) is 3. The molecule has 4 nitrogen and oxygen atoms in total. The van der Waals surface area contributed by atoms with Crippen LogP contribution >= 0.6 is 11.6 Å². The minimum Gasteiger partial charge on any atom is -0.392 e. The number of hydrogen-bond donors (Lipinski definition) is 3. The normalized spacial score (nSPS) is 11.8. The van der Waals surface area contributed by atoms with Crippen LogP contribution in [0, 0.1) is 0 Å². The Hall–Kier alpha value is -2.04. The number of benzene rings is 2. The highest BCUT2D eigenvalue weighted by molar-refractivity contribution is 6.33. The maximum atomic E-state index is 12.1. The molecule has 110 valence electrons.